The van der Waals surface area contributed by atoms with E-state index in [-0.39, 0.29) is 5.82 Å². The summed E-state index contributed by atoms with van der Waals surface area (Å²) >= 11 is 7.29. The number of thioether (sulfide) groups is 1. The molecule has 0 aliphatic rings. The van der Waals surface area contributed by atoms with E-state index in [1.165, 1.54) is 17.8 Å². The molecule has 0 spiro atoms. The van der Waals surface area contributed by atoms with E-state index in [0.29, 0.717) is 38.8 Å². The molecule has 2 heterocycles. The van der Waals surface area contributed by atoms with Crippen molar-refractivity contribution in [1.82, 2.24) is 20.3 Å². The van der Waals surface area contributed by atoms with Crippen LogP contribution in [0.5, 0.6) is 0 Å². The van der Waals surface area contributed by atoms with Crippen LogP contribution in [0.4, 0.5) is 4.39 Å². The topological polar surface area (TPSA) is 64.7 Å². The number of rotatable bonds is 5. The number of aromatic nitrogens is 4. The molecular weight excluding hydrogens is 387 g/mol. The van der Waals surface area contributed by atoms with Crippen LogP contribution >= 0.6 is 23.4 Å². The van der Waals surface area contributed by atoms with Gasteiger partial charge in [-0.3, -0.25) is 0 Å². The summed E-state index contributed by atoms with van der Waals surface area (Å²) in [5.74, 6) is 1.11. The summed E-state index contributed by atoms with van der Waals surface area (Å²) in [6.45, 7) is 0. The Morgan fingerprint density at radius 2 is 1.78 bits per heavy atom. The van der Waals surface area contributed by atoms with Crippen molar-refractivity contribution in [2.24, 2.45) is 0 Å². The standard InChI is InChI=1S/C19H12ClFN4OS/c20-13-7-5-12(6-8-13)19-22-17(26-25-19)11-27-18-10-9-16(23-24-18)14-3-1-2-4-15(14)21/h1-10H,11H2. The third-order valence-electron chi connectivity index (χ3n) is 3.70. The second-order valence-electron chi connectivity index (χ2n) is 5.54. The van der Waals surface area contributed by atoms with Gasteiger partial charge >= 0.3 is 0 Å². The van der Waals surface area contributed by atoms with Crippen molar-refractivity contribution in [3.63, 3.8) is 0 Å². The molecule has 2 aromatic carbocycles. The van der Waals surface area contributed by atoms with Gasteiger partial charge in [0, 0.05) is 16.1 Å². The van der Waals surface area contributed by atoms with E-state index in [1.54, 1.807) is 42.5 Å². The highest BCUT2D eigenvalue weighted by Crippen LogP contribution is 2.25. The summed E-state index contributed by atoms with van der Waals surface area (Å²) in [6, 6.07) is 17.2. The Bertz CT molecular complexity index is 1050. The van der Waals surface area contributed by atoms with Crippen molar-refractivity contribution in [3.8, 4) is 22.6 Å². The highest BCUT2D eigenvalue weighted by atomic mass is 35.5. The van der Waals surface area contributed by atoms with E-state index in [2.05, 4.69) is 20.3 Å². The van der Waals surface area contributed by atoms with Gasteiger partial charge in [0.05, 0.1) is 11.4 Å². The van der Waals surface area contributed by atoms with E-state index in [1.807, 2.05) is 12.1 Å². The average molecular weight is 399 g/mol. The first-order valence-electron chi connectivity index (χ1n) is 7.99. The van der Waals surface area contributed by atoms with Crippen LogP contribution in [0.15, 0.2) is 70.2 Å². The summed E-state index contributed by atoms with van der Waals surface area (Å²) in [4.78, 5) is 4.36. The molecule has 4 aromatic rings. The monoisotopic (exact) mass is 398 g/mol. The van der Waals surface area contributed by atoms with Crippen molar-refractivity contribution in [2.75, 3.05) is 0 Å². The van der Waals surface area contributed by atoms with E-state index in [9.17, 15) is 4.39 Å². The second kappa shape index (κ2) is 7.85. The molecule has 0 radical (unpaired) electrons. The highest BCUT2D eigenvalue weighted by Gasteiger charge is 2.11. The quantitative estimate of drug-likeness (QED) is 0.426. The van der Waals surface area contributed by atoms with Crippen LogP contribution in [0.25, 0.3) is 22.6 Å². The van der Waals surface area contributed by atoms with Crippen LogP contribution in [0.3, 0.4) is 0 Å². The summed E-state index contributed by atoms with van der Waals surface area (Å²) in [5, 5.41) is 13.5. The van der Waals surface area contributed by atoms with Gasteiger partial charge in [-0.2, -0.15) is 4.98 Å². The van der Waals surface area contributed by atoms with Gasteiger partial charge in [0.25, 0.3) is 0 Å². The molecule has 2 aromatic heterocycles. The van der Waals surface area contributed by atoms with Crippen LogP contribution in [0.1, 0.15) is 5.89 Å². The molecule has 0 aliphatic carbocycles. The Balaban J connectivity index is 1.42. The largest absolute Gasteiger partial charge is 0.338 e. The van der Waals surface area contributed by atoms with Crippen molar-refractivity contribution in [1.29, 1.82) is 0 Å². The Kier molecular flexibility index (Phi) is 5.13. The molecule has 0 unspecified atom stereocenters. The van der Waals surface area contributed by atoms with E-state index < -0.39 is 0 Å². The summed E-state index contributed by atoms with van der Waals surface area (Å²) < 4.78 is 19.1. The minimum Gasteiger partial charge on any atom is -0.338 e. The van der Waals surface area contributed by atoms with Crippen molar-refractivity contribution >= 4 is 23.4 Å². The fraction of sp³-hybridized carbons (Fsp3) is 0.0526. The molecule has 0 aliphatic heterocycles. The van der Waals surface area contributed by atoms with Crippen LogP contribution in [0, 0.1) is 5.82 Å². The SMILES string of the molecule is Fc1ccccc1-c1ccc(SCc2nc(-c3ccc(Cl)cc3)no2)nn1. The van der Waals surface area contributed by atoms with Crippen LogP contribution in [-0.2, 0) is 5.75 Å². The zero-order valence-corrected chi connectivity index (χ0v) is 15.4. The number of benzene rings is 2. The molecule has 0 amide bonds. The first-order valence-corrected chi connectivity index (χ1v) is 9.35. The van der Waals surface area contributed by atoms with Gasteiger partial charge < -0.3 is 4.52 Å². The third-order valence-corrected chi connectivity index (χ3v) is 4.86. The fourth-order valence-electron chi connectivity index (χ4n) is 2.37. The number of nitrogens with zero attached hydrogens (tertiary/aromatic N) is 4. The number of hydrogen-bond donors (Lipinski definition) is 0. The normalized spacial score (nSPS) is 10.9. The molecule has 27 heavy (non-hydrogen) atoms. The molecule has 0 saturated heterocycles. The Hall–Kier alpha value is -2.77. The maximum Gasteiger partial charge on any atom is 0.237 e. The lowest BCUT2D eigenvalue weighted by atomic mass is 10.1. The zero-order valence-electron chi connectivity index (χ0n) is 13.8. The number of halogens is 2. The molecular formula is C19H12ClFN4OS. The summed E-state index contributed by atoms with van der Waals surface area (Å²) in [7, 11) is 0. The van der Waals surface area contributed by atoms with Crippen molar-refractivity contribution < 1.29 is 8.91 Å². The second-order valence-corrected chi connectivity index (χ2v) is 6.98. The first kappa shape index (κ1) is 17.6. The minimum atomic E-state index is -0.326. The molecule has 0 fully saturated rings. The van der Waals surface area contributed by atoms with Crippen molar-refractivity contribution in [2.45, 2.75) is 10.8 Å². The molecule has 4 rings (SSSR count). The van der Waals surface area contributed by atoms with Gasteiger partial charge in [0.2, 0.25) is 11.7 Å². The molecule has 0 saturated carbocycles. The predicted molar refractivity (Wildman–Crippen MR) is 102 cm³/mol. The highest BCUT2D eigenvalue weighted by molar-refractivity contribution is 7.98. The molecule has 0 N–H and O–H groups in total. The summed E-state index contributed by atoms with van der Waals surface area (Å²) in [6.07, 6.45) is 0. The Morgan fingerprint density at radius 3 is 2.52 bits per heavy atom. The van der Waals surface area contributed by atoms with Gasteiger partial charge in [-0.05, 0) is 48.5 Å². The summed E-state index contributed by atoms with van der Waals surface area (Å²) in [5.41, 5.74) is 1.74. The zero-order chi connectivity index (χ0) is 18.6. The van der Waals surface area contributed by atoms with Crippen LogP contribution < -0.4 is 0 Å². The minimum absolute atomic E-state index is 0.326. The van der Waals surface area contributed by atoms with Gasteiger partial charge in [0.15, 0.2) is 0 Å². The number of hydrogen-bond acceptors (Lipinski definition) is 6. The van der Waals surface area contributed by atoms with Gasteiger partial charge in [-0.1, -0.05) is 40.7 Å². The van der Waals surface area contributed by atoms with E-state index in [4.69, 9.17) is 16.1 Å². The van der Waals surface area contributed by atoms with Gasteiger partial charge in [-0.25, -0.2) is 4.39 Å². The van der Waals surface area contributed by atoms with Crippen LogP contribution in [0.2, 0.25) is 5.02 Å². The molecule has 5 nitrogen and oxygen atoms in total. The smallest absolute Gasteiger partial charge is 0.237 e. The molecule has 134 valence electrons. The third kappa shape index (κ3) is 4.15. The first-order chi connectivity index (χ1) is 13.2. The van der Waals surface area contributed by atoms with Gasteiger partial charge in [0.1, 0.15) is 10.8 Å². The lowest BCUT2D eigenvalue weighted by Crippen LogP contribution is -1.92. The maximum absolute atomic E-state index is 13.8. The lowest BCUT2D eigenvalue weighted by Gasteiger charge is -2.02. The van der Waals surface area contributed by atoms with Gasteiger partial charge in [-0.15, -0.1) is 10.2 Å². The average Bonchev–Trinajstić information content (AvgIpc) is 3.17. The lowest BCUT2D eigenvalue weighted by molar-refractivity contribution is 0.391. The molecule has 0 bridgehead atoms. The fourth-order valence-corrected chi connectivity index (χ4v) is 3.15. The molecule has 0 atom stereocenters. The Morgan fingerprint density at radius 1 is 0.963 bits per heavy atom. The predicted octanol–water partition coefficient (Wildman–Crippen LogP) is 5.28. The van der Waals surface area contributed by atoms with Crippen molar-refractivity contribution in [3.05, 3.63) is 77.4 Å². The van der Waals surface area contributed by atoms with Crippen LogP contribution in [-0.4, -0.2) is 20.3 Å². The van der Waals surface area contributed by atoms with E-state index >= 15 is 0 Å². The maximum atomic E-state index is 13.8. The van der Waals surface area contributed by atoms with E-state index in [0.717, 1.165) is 5.56 Å². The Labute approximate surface area is 163 Å². The molecule has 8 heteroatoms.